The van der Waals surface area contributed by atoms with Crippen LogP contribution in [-0.4, -0.2) is 26.8 Å². The molecule has 0 fully saturated rings. The van der Waals surface area contributed by atoms with Gasteiger partial charge in [0, 0.05) is 0 Å². The van der Waals surface area contributed by atoms with E-state index >= 15 is 0 Å². The molecular weight excluding hydrogens is 122 g/mol. The highest BCUT2D eigenvalue weighted by Crippen LogP contribution is 1.82. The fourth-order valence-electron chi connectivity index (χ4n) is 0.319. The molecule has 0 aliphatic carbocycles. The standard InChI is InChI=1S/C3H12NOSi2/c4-2-1-3-7-5-6/h7H,1-4H2,6H3. The van der Waals surface area contributed by atoms with Crippen LogP contribution in [0.15, 0.2) is 0 Å². The molecule has 0 saturated carbocycles. The minimum atomic E-state index is 0.298. The zero-order valence-corrected chi connectivity index (χ0v) is 7.84. The Hall–Kier alpha value is 0.354. The minimum absolute atomic E-state index is 0.298. The smallest absolute Gasteiger partial charge is 0.177 e. The maximum absolute atomic E-state index is 5.24. The van der Waals surface area contributed by atoms with Gasteiger partial charge in [0.15, 0.2) is 9.76 Å². The first kappa shape index (κ1) is 7.35. The van der Waals surface area contributed by atoms with Crippen molar-refractivity contribution in [2.45, 2.75) is 12.5 Å². The summed E-state index contributed by atoms with van der Waals surface area (Å²) < 4.78 is 5.01. The molecule has 0 aromatic heterocycles. The summed E-state index contributed by atoms with van der Waals surface area (Å²) in [5, 5.41) is 0. The lowest BCUT2D eigenvalue weighted by molar-refractivity contribution is 0.654. The maximum atomic E-state index is 5.24. The summed E-state index contributed by atoms with van der Waals surface area (Å²) in [6, 6.07) is 1.21. The summed E-state index contributed by atoms with van der Waals surface area (Å²) in [6.45, 7) is 0.817. The average Bonchev–Trinajstić information content (AvgIpc) is 1.69. The zero-order valence-electron chi connectivity index (χ0n) is 4.68. The van der Waals surface area contributed by atoms with Crippen LogP contribution in [0, 0.1) is 0 Å². The van der Waals surface area contributed by atoms with Gasteiger partial charge in [-0.05, 0) is 19.0 Å². The highest BCUT2D eigenvalue weighted by Gasteiger charge is 1.82. The highest BCUT2D eigenvalue weighted by atomic mass is 28.3. The Balaban J connectivity index is 2.45. The molecule has 2 nitrogen and oxygen atoms in total. The van der Waals surface area contributed by atoms with E-state index in [4.69, 9.17) is 9.85 Å². The van der Waals surface area contributed by atoms with Gasteiger partial charge in [-0.15, -0.1) is 0 Å². The molecule has 0 rings (SSSR count). The molecule has 0 aliphatic rings. The second-order valence-corrected chi connectivity index (χ2v) is 4.13. The molecule has 0 saturated heterocycles. The topological polar surface area (TPSA) is 35.2 Å². The number of hydrogen-bond acceptors (Lipinski definition) is 2. The molecule has 0 heterocycles. The summed E-state index contributed by atoms with van der Waals surface area (Å²) in [5.41, 5.74) is 5.24. The Morgan fingerprint density at radius 3 is 2.86 bits per heavy atom. The van der Waals surface area contributed by atoms with Crippen molar-refractivity contribution >= 4 is 20.2 Å². The molecule has 1 radical (unpaired) electrons. The molecule has 0 spiro atoms. The third kappa shape index (κ3) is 6.35. The van der Waals surface area contributed by atoms with Gasteiger partial charge in [-0.1, -0.05) is 0 Å². The van der Waals surface area contributed by atoms with E-state index in [2.05, 4.69) is 0 Å². The van der Waals surface area contributed by atoms with Crippen LogP contribution in [0.1, 0.15) is 6.42 Å². The van der Waals surface area contributed by atoms with Crippen LogP contribution in [0.25, 0.3) is 0 Å². The Labute approximate surface area is 49.9 Å². The second-order valence-electron chi connectivity index (χ2n) is 1.33. The molecule has 4 heteroatoms. The fourth-order valence-corrected chi connectivity index (χ4v) is 1.66. The molecule has 43 valence electrons. The normalized spacial score (nSPS) is 9.86. The van der Waals surface area contributed by atoms with Gasteiger partial charge in [0.2, 0.25) is 0 Å². The van der Waals surface area contributed by atoms with Gasteiger partial charge in [-0.2, -0.15) is 0 Å². The lowest BCUT2D eigenvalue weighted by atomic mass is 10.5. The van der Waals surface area contributed by atoms with Crippen LogP contribution in [0.4, 0.5) is 0 Å². The molecular formula is C3H12NOSi2. The summed E-state index contributed by atoms with van der Waals surface area (Å²) >= 11 is 0. The summed E-state index contributed by atoms with van der Waals surface area (Å²) in [6.07, 6.45) is 1.14. The third-order valence-corrected chi connectivity index (χ3v) is 2.67. The van der Waals surface area contributed by atoms with E-state index in [0.29, 0.717) is 9.76 Å². The lowest BCUT2D eigenvalue weighted by Crippen LogP contribution is -2.01. The van der Waals surface area contributed by atoms with Crippen molar-refractivity contribution in [3.05, 3.63) is 0 Å². The van der Waals surface area contributed by atoms with Crippen molar-refractivity contribution < 1.29 is 4.12 Å². The Kier molecular flexibility index (Phi) is 6.67. The van der Waals surface area contributed by atoms with Gasteiger partial charge in [0.25, 0.3) is 0 Å². The Morgan fingerprint density at radius 2 is 2.43 bits per heavy atom. The molecule has 0 aromatic carbocycles. The van der Waals surface area contributed by atoms with Crippen LogP contribution in [0.2, 0.25) is 6.04 Å². The van der Waals surface area contributed by atoms with Gasteiger partial charge < -0.3 is 9.85 Å². The van der Waals surface area contributed by atoms with Crippen LogP contribution >= 0.6 is 0 Å². The molecule has 0 aliphatic heterocycles. The predicted octanol–water partition coefficient (Wildman–Crippen LogP) is -1.60. The maximum Gasteiger partial charge on any atom is 0.177 e. The molecule has 0 amide bonds. The van der Waals surface area contributed by atoms with E-state index in [1.807, 2.05) is 0 Å². The van der Waals surface area contributed by atoms with Crippen molar-refractivity contribution in [3.8, 4) is 0 Å². The molecule has 2 N–H and O–H groups in total. The Bertz CT molecular complexity index is 32.1. The number of hydrogen-bond donors (Lipinski definition) is 1. The van der Waals surface area contributed by atoms with E-state index in [1.165, 1.54) is 6.04 Å². The first-order valence-electron chi connectivity index (χ1n) is 2.46. The van der Waals surface area contributed by atoms with Gasteiger partial charge in [0.1, 0.15) is 10.5 Å². The summed E-state index contributed by atoms with van der Waals surface area (Å²) in [4.78, 5) is 0. The van der Waals surface area contributed by atoms with Crippen LogP contribution < -0.4 is 5.73 Å². The first-order chi connectivity index (χ1) is 3.41. The van der Waals surface area contributed by atoms with Crippen LogP contribution in [0.5, 0.6) is 0 Å². The van der Waals surface area contributed by atoms with Gasteiger partial charge in [0.05, 0.1) is 0 Å². The lowest BCUT2D eigenvalue weighted by Gasteiger charge is -1.91. The zero-order chi connectivity index (χ0) is 5.54. The van der Waals surface area contributed by atoms with Gasteiger partial charge in [-0.3, -0.25) is 0 Å². The van der Waals surface area contributed by atoms with Crippen molar-refractivity contribution in [1.82, 2.24) is 0 Å². The highest BCUT2D eigenvalue weighted by molar-refractivity contribution is 6.34. The quantitative estimate of drug-likeness (QED) is 0.371. The molecule has 0 atom stereocenters. The van der Waals surface area contributed by atoms with Gasteiger partial charge in [-0.25, -0.2) is 0 Å². The van der Waals surface area contributed by atoms with E-state index in [9.17, 15) is 0 Å². The fraction of sp³-hybridized carbons (Fsp3) is 1.00. The predicted molar refractivity (Wildman–Crippen MR) is 36.7 cm³/mol. The summed E-state index contributed by atoms with van der Waals surface area (Å²) in [7, 11) is 1.20. The SMILES string of the molecule is NCCC[SiH]O[SiH3]. The monoisotopic (exact) mass is 134 g/mol. The van der Waals surface area contributed by atoms with Crippen molar-refractivity contribution in [2.24, 2.45) is 5.73 Å². The van der Waals surface area contributed by atoms with Crippen LogP contribution in [-0.2, 0) is 4.12 Å². The second kappa shape index (κ2) is 6.35. The molecule has 0 bridgehead atoms. The number of nitrogens with two attached hydrogens (primary N) is 1. The van der Waals surface area contributed by atoms with E-state index in [1.54, 1.807) is 0 Å². The molecule has 7 heavy (non-hydrogen) atoms. The summed E-state index contributed by atoms with van der Waals surface area (Å²) in [5.74, 6) is 0. The van der Waals surface area contributed by atoms with E-state index in [0.717, 1.165) is 23.5 Å². The molecule has 0 unspecified atom stereocenters. The van der Waals surface area contributed by atoms with E-state index in [-0.39, 0.29) is 0 Å². The van der Waals surface area contributed by atoms with Crippen molar-refractivity contribution in [1.29, 1.82) is 0 Å². The first-order valence-corrected chi connectivity index (χ1v) is 4.56. The van der Waals surface area contributed by atoms with Crippen LogP contribution in [0.3, 0.4) is 0 Å². The largest absolute Gasteiger partial charge is 0.466 e. The molecule has 0 aromatic rings. The average molecular weight is 134 g/mol. The van der Waals surface area contributed by atoms with E-state index < -0.39 is 0 Å². The van der Waals surface area contributed by atoms with Crippen molar-refractivity contribution in [3.63, 3.8) is 0 Å². The Morgan fingerprint density at radius 1 is 1.71 bits per heavy atom. The minimum Gasteiger partial charge on any atom is -0.466 e. The number of rotatable bonds is 4. The third-order valence-electron chi connectivity index (χ3n) is 0.693. The van der Waals surface area contributed by atoms with Gasteiger partial charge >= 0.3 is 0 Å². The van der Waals surface area contributed by atoms with Crippen molar-refractivity contribution in [2.75, 3.05) is 6.54 Å².